The molecule has 1 atom stereocenters. The highest BCUT2D eigenvalue weighted by atomic mass is 19.1. The number of hydrogen-bond acceptors (Lipinski definition) is 3. The van der Waals surface area contributed by atoms with E-state index in [2.05, 4.69) is 0 Å². The summed E-state index contributed by atoms with van der Waals surface area (Å²) in [5.74, 6) is -0.361. The first-order valence-corrected chi connectivity index (χ1v) is 3.92. The largest absolute Gasteiger partial charge is 0.476 e. The van der Waals surface area contributed by atoms with Crippen LogP contribution in [0.15, 0.2) is 18.2 Å². The summed E-state index contributed by atoms with van der Waals surface area (Å²) in [6.07, 6.45) is -0.664. The van der Waals surface area contributed by atoms with Crippen molar-refractivity contribution in [1.29, 1.82) is 10.5 Å². The van der Waals surface area contributed by atoms with Gasteiger partial charge in [0.25, 0.3) is 0 Å². The van der Waals surface area contributed by atoms with E-state index >= 15 is 0 Å². The molecule has 0 N–H and O–H groups in total. The van der Waals surface area contributed by atoms with Crippen molar-refractivity contribution in [3.8, 4) is 17.9 Å². The number of nitriles is 2. The topological polar surface area (TPSA) is 56.8 Å². The predicted octanol–water partition coefficient (Wildman–Crippen LogP) is 1.99. The minimum Gasteiger partial charge on any atom is -0.476 e. The zero-order chi connectivity index (χ0) is 10.6. The lowest BCUT2D eigenvalue weighted by Crippen LogP contribution is -2.08. The van der Waals surface area contributed by atoms with Crippen LogP contribution < -0.4 is 4.74 Å². The maximum Gasteiger partial charge on any atom is 0.181 e. The van der Waals surface area contributed by atoms with Crippen LogP contribution in [0.5, 0.6) is 5.75 Å². The van der Waals surface area contributed by atoms with Crippen LogP contribution in [0.3, 0.4) is 0 Å². The Morgan fingerprint density at radius 2 is 2.07 bits per heavy atom. The van der Waals surface area contributed by atoms with Crippen LogP contribution in [0.4, 0.5) is 4.39 Å². The fourth-order valence-electron chi connectivity index (χ4n) is 0.926. The van der Waals surface area contributed by atoms with Crippen LogP contribution in [0.1, 0.15) is 12.5 Å². The highest BCUT2D eigenvalue weighted by Gasteiger charge is 2.05. The quantitative estimate of drug-likeness (QED) is 0.716. The summed E-state index contributed by atoms with van der Waals surface area (Å²) in [6, 6.07) is 7.26. The van der Waals surface area contributed by atoms with E-state index in [1.54, 1.807) is 6.07 Å². The van der Waals surface area contributed by atoms with Crippen molar-refractivity contribution in [2.24, 2.45) is 0 Å². The fourth-order valence-corrected chi connectivity index (χ4v) is 0.926. The number of ether oxygens (including phenoxy) is 1. The molecule has 0 amide bonds. The lowest BCUT2D eigenvalue weighted by Gasteiger charge is -2.07. The zero-order valence-corrected chi connectivity index (χ0v) is 7.49. The summed E-state index contributed by atoms with van der Waals surface area (Å²) < 4.78 is 17.9. The molecule has 0 aliphatic heterocycles. The molecule has 0 bridgehead atoms. The summed E-state index contributed by atoms with van der Waals surface area (Å²) in [7, 11) is 0. The molecule has 0 aliphatic rings. The minimum absolute atomic E-state index is 0.171. The lowest BCUT2D eigenvalue weighted by atomic mass is 10.2. The summed E-state index contributed by atoms with van der Waals surface area (Å²) >= 11 is 0. The van der Waals surface area contributed by atoms with E-state index in [1.165, 1.54) is 13.0 Å². The molecular weight excluding hydrogens is 183 g/mol. The van der Waals surface area contributed by atoms with Gasteiger partial charge in [-0.1, -0.05) is 0 Å². The van der Waals surface area contributed by atoms with Gasteiger partial charge in [0.05, 0.1) is 11.6 Å². The molecule has 0 aliphatic carbocycles. The summed E-state index contributed by atoms with van der Waals surface area (Å²) in [6.45, 7) is 1.54. The second-order valence-electron chi connectivity index (χ2n) is 2.68. The van der Waals surface area contributed by atoms with Crippen LogP contribution in [0.25, 0.3) is 0 Å². The first-order chi connectivity index (χ1) is 6.65. The van der Waals surface area contributed by atoms with E-state index < -0.39 is 11.9 Å². The summed E-state index contributed by atoms with van der Waals surface area (Å²) in [4.78, 5) is 0. The molecular formula is C10H7FN2O. The first-order valence-electron chi connectivity index (χ1n) is 3.92. The van der Waals surface area contributed by atoms with Crippen LogP contribution in [0, 0.1) is 28.5 Å². The van der Waals surface area contributed by atoms with Gasteiger partial charge in [-0.3, -0.25) is 0 Å². The van der Waals surface area contributed by atoms with Crippen molar-refractivity contribution in [2.75, 3.05) is 0 Å². The Hall–Kier alpha value is -2.07. The van der Waals surface area contributed by atoms with Crippen molar-refractivity contribution in [2.45, 2.75) is 13.0 Å². The first kappa shape index (κ1) is 10.0. The van der Waals surface area contributed by atoms with Gasteiger partial charge in [0.2, 0.25) is 0 Å². The van der Waals surface area contributed by atoms with Gasteiger partial charge >= 0.3 is 0 Å². The summed E-state index contributed by atoms with van der Waals surface area (Å²) in [5.41, 5.74) is 0.171. The number of rotatable bonds is 2. The van der Waals surface area contributed by atoms with Gasteiger partial charge in [-0.15, -0.1) is 0 Å². The summed E-state index contributed by atoms with van der Waals surface area (Å²) in [5, 5.41) is 17.0. The van der Waals surface area contributed by atoms with E-state index in [4.69, 9.17) is 15.3 Å². The molecule has 0 fully saturated rings. The zero-order valence-electron chi connectivity index (χ0n) is 7.49. The third kappa shape index (κ3) is 2.46. The Labute approximate surface area is 81.0 Å². The van der Waals surface area contributed by atoms with Gasteiger partial charge in [-0.2, -0.15) is 10.5 Å². The molecule has 0 radical (unpaired) electrons. The molecule has 1 aromatic rings. The van der Waals surface area contributed by atoms with E-state index in [0.29, 0.717) is 0 Å². The Morgan fingerprint density at radius 1 is 1.36 bits per heavy atom. The molecule has 1 aromatic carbocycles. The predicted molar refractivity (Wildman–Crippen MR) is 46.8 cm³/mol. The highest BCUT2D eigenvalue weighted by Crippen LogP contribution is 2.16. The maximum atomic E-state index is 12.9. The molecule has 0 spiro atoms. The van der Waals surface area contributed by atoms with E-state index in [0.717, 1.165) is 12.1 Å². The Morgan fingerprint density at radius 3 is 2.64 bits per heavy atom. The molecule has 0 saturated carbocycles. The van der Waals surface area contributed by atoms with Crippen LogP contribution in [0.2, 0.25) is 0 Å². The molecule has 0 saturated heterocycles. The average molecular weight is 190 g/mol. The number of hydrogen-bond donors (Lipinski definition) is 0. The molecule has 0 heterocycles. The number of nitrogens with zero attached hydrogens (tertiary/aromatic N) is 2. The second kappa shape index (κ2) is 4.25. The third-order valence-corrected chi connectivity index (χ3v) is 1.50. The normalized spacial score (nSPS) is 11.1. The molecule has 0 aromatic heterocycles. The molecule has 1 unspecified atom stereocenters. The number of benzene rings is 1. The molecule has 1 rings (SSSR count). The van der Waals surface area contributed by atoms with Crippen LogP contribution in [-0.4, -0.2) is 6.10 Å². The fraction of sp³-hybridized carbons (Fsp3) is 0.200. The minimum atomic E-state index is -0.664. The van der Waals surface area contributed by atoms with Gasteiger partial charge in [0.1, 0.15) is 17.6 Å². The van der Waals surface area contributed by atoms with Gasteiger partial charge in [-0.05, 0) is 19.1 Å². The average Bonchev–Trinajstić information content (AvgIpc) is 2.16. The van der Waals surface area contributed by atoms with E-state index in [1.807, 2.05) is 6.07 Å². The van der Waals surface area contributed by atoms with Gasteiger partial charge in [0, 0.05) is 6.07 Å². The van der Waals surface area contributed by atoms with Crippen molar-refractivity contribution in [1.82, 2.24) is 0 Å². The standard InChI is InChI=1S/C10H7FN2O/c1-7(5-12)14-10-3-8(6-13)2-9(11)4-10/h2-4,7H,1H3. The van der Waals surface area contributed by atoms with E-state index in [-0.39, 0.29) is 11.3 Å². The van der Waals surface area contributed by atoms with E-state index in [9.17, 15) is 4.39 Å². The molecule has 14 heavy (non-hydrogen) atoms. The van der Waals surface area contributed by atoms with Crippen molar-refractivity contribution in [3.05, 3.63) is 29.6 Å². The lowest BCUT2D eigenvalue weighted by molar-refractivity contribution is 0.275. The van der Waals surface area contributed by atoms with Gasteiger partial charge in [-0.25, -0.2) is 4.39 Å². The Bertz CT molecular complexity index is 417. The van der Waals surface area contributed by atoms with Crippen molar-refractivity contribution in [3.63, 3.8) is 0 Å². The smallest absolute Gasteiger partial charge is 0.181 e. The Balaban J connectivity index is 2.95. The molecule has 4 heteroatoms. The van der Waals surface area contributed by atoms with Gasteiger partial charge in [0.15, 0.2) is 6.10 Å². The molecule has 3 nitrogen and oxygen atoms in total. The maximum absolute atomic E-state index is 12.9. The number of halogens is 1. The van der Waals surface area contributed by atoms with Crippen molar-refractivity contribution < 1.29 is 9.13 Å². The highest BCUT2D eigenvalue weighted by molar-refractivity contribution is 5.37. The Kier molecular flexibility index (Phi) is 3.04. The van der Waals surface area contributed by atoms with Crippen LogP contribution >= 0.6 is 0 Å². The third-order valence-electron chi connectivity index (χ3n) is 1.50. The monoisotopic (exact) mass is 190 g/mol. The van der Waals surface area contributed by atoms with Crippen molar-refractivity contribution >= 4 is 0 Å². The second-order valence-corrected chi connectivity index (χ2v) is 2.68. The SMILES string of the molecule is CC(C#N)Oc1cc(F)cc(C#N)c1. The van der Waals surface area contributed by atoms with Gasteiger partial charge < -0.3 is 4.74 Å². The van der Waals surface area contributed by atoms with Crippen LogP contribution in [-0.2, 0) is 0 Å². The molecule has 70 valence electrons.